The van der Waals surface area contributed by atoms with Crippen molar-refractivity contribution in [2.45, 2.75) is 6.92 Å². The summed E-state index contributed by atoms with van der Waals surface area (Å²) in [6.07, 6.45) is 4.88. The first-order valence-electron chi connectivity index (χ1n) is 2.63. The number of aromatic nitrogens is 2. The van der Waals surface area contributed by atoms with E-state index in [4.69, 9.17) is 9.90 Å². The second-order valence-electron chi connectivity index (χ2n) is 1.42. The first-order valence-corrected chi connectivity index (χ1v) is 2.63. The Kier molecular flexibility index (Phi) is 32.1. The molecule has 0 fully saturated rings. The first kappa shape index (κ1) is 23.2. The smallest absolute Gasteiger partial charge is 0.115 e. The zero-order chi connectivity index (χ0) is 7.82. The average Bonchev–Trinajstić information content (AvgIpc) is 1.90. The van der Waals surface area contributed by atoms with Crippen LogP contribution >= 0.6 is 24.8 Å². The van der Waals surface area contributed by atoms with Crippen LogP contribution in [0.25, 0.3) is 0 Å². The molecule has 0 spiro atoms. The van der Waals surface area contributed by atoms with Crippen LogP contribution < -0.4 is 0 Å². The summed E-state index contributed by atoms with van der Waals surface area (Å²) in [4.78, 5) is 16.3. The van der Waals surface area contributed by atoms with Crippen LogP contribution in [0.3, 0.4) is 0 Å². The molecular formula is C6H11Cl2N2NaO2. The normalized spacial score (nSPS) is 5.62. The fourth-order valence-corrected chi connectivity index (χ4v) is 0.253. The summed E-state index contributed by atoms with van der Waals surface area (Å²) in [5.41, 5.74) is 0. The fraction of sp³-hybridized carbons (Fsp3) is 0.167. The van der Waals surface area contributed by atoms with Gasteiger partial charge in [0.2, 0.25) is 0 Å². The van der Waals surface area contributed by atoms with Crippen molar-refractivity contribution in [3.8, 4) is 0 Å². The first-order chi connectivity index (χ1) is 4.73. The number of carbonyl (C=O) groups is 1. The molecule has 0 aliphatic rings. The summed E-state index contributed by atoms with van der Waals surface area (Å²) in [5, 5.41) is 7.42. The van der Waals surface area contributed by atoms with Gasteiger partial charge in [0.1, 0.15) is 6.33 Å². The van der Waals surface area contributed by atoms with Crippen molar-refractivity contribution in [2.75, 3.05) is 0 Å². The zero-order valence-corrected chi connectivity index (χ0v) is 8.01. The van der Waals surface area contributed by atoms with Gasteiger partial charge in [-0.05, 0) is 6.07 Å². The molecule has 72 valence electrons. The number of carboxylic acid groups (broad SMARTS) is 1. The number of nitrogens with zero attached hydrogens (tertiary/aromatic N) is 2. The van der Waals surface area contributed by atoms with Crippen molar-refractivity contribution < 1.29 is 9.90 Å². The van der Waals surface area contributed by atoms with Gasteiger partial charge in [-0.15, -0.1) is 24.8 Å². The molecule has 0 aromatic carbocycles. The van der Waals surface area contributed by atoms with Crippen molar-refractivity contribution in [3.63, 3.8) is 0 Å². The van der Waals surface area contributed by atoms with Gasteiger partial charge in [-0.3, -0.25) is 4.79 Å². The number of halogens is 2. The molecule has 0 bridgehead atoms. The number of rotatable bonds is 0. The maximum absolute atomic E-state index is 9.00. The monoisotopic (exact) mass is 236 g/mol. The van der Waals surface area contributed by atoms with Crippen molar-refractivity contribution in [1.82, 2.24) is 9.97 Å². The second kappa shape index (κ2) is 18.0. The van der Waals surface area contributed by atoms with Crippen LogP contribution in [0.4, 0.5) is 0 Å². The van der Waals surface area contributed by atoms with Crippen LogP contribution in [0.1, 0.15) is 6.92 Å². The summed E-state index contributed by atoms with van der Waals surface area (Å²) >= 11 is 0. The summed E-state index contributed by atoms with van der Waals surface area (Å²) in [5.74, 6) is -0.833. The molecule has 1 aromatic heterocycles. The quantitative estimate of drug-likeness (QED) is 0.676. The van der Waals surface area contributed by atoms with E-state index in [1.54, 1.807) is 18.5 Å². The molecule has 0 unspecified atom stereocenters. The van der Waals surface area contributed by atoms with Gasteiger partial charge in [0, 0.05) is 19.3 Å². The van der Waals surface area contributed by atoms with Gasteiger partial charge in [-0.1, -0.05) is 0 Å². The number of carboxylic acids is 1. The predicted molar refractivity (Wildman–Crippen MR) is 57.0 cm³/mol. The van der Waals surface area contributed by atoms with Gasteiger partial charge in [0.25, 0.3) is 5.97 Å². The van der Waals surface area contributed by atoms with Crippen LogP contribution in [0.15, 0.2) is 24.8 Å². The molecule has 1 N–H and O–H groups in total. The van der Waals surface area contributed by atoms with Gasteiger partial charge in [0.05, 0.1) is 0 Å². The largest absolute Gasteiger partial charge is 0.245 e. The summed E-state index contributed by atoms with van der Waals surface area (Å²) < 4.78 is 0. The Morgan fingerprint density at radius 3 is 1.62 bits per heavy atom. The van der Waals surface area contributed by atoms with Crippen LogP contribution in [0.5, 0.6) is 0 Å². The van der Waals surface area contributed by atoms with Crippen LogP contribution in [0, 0.1) is 0 Å². The molecule has 0 amide bonds. The molecular weight excluding hydrogens is 226 g/mol. The molecule has 0 atom stereocenters. The molecule has 1 rings (SSSR count). The van der Waals surface area contributed by atoms with Gasteiger partial charge in [0.15, 0.2) is 0 Å². The Bertz CT molecular complexity index is 159. The van der Waals surface area contributed by atoms with Crippen molar-refractivity contribution in [2.24, 2.45) is 0 Å². The third-order valence-electron chi connectivity index (χ3n) is 0.478. The van der Waals surface area contributed by atoms with Gasteiger partial charge >= 0.3 is 29.6 Å². The Labute approximate surface area is 111 Å². The fourth-order valence-electron chi connectivity index (χ4n) is 0.253. The van der Waals surface area contributed by atoms with E-state index in [2.05, 4.69) is 9.97 Å². The predicted octanol–water partition coefficient (Wildman–Crippen LogP) is 0.763. The standard InChI is InChI=1S/C4H4N2.C2H4O2.2ClH.Na.H/c1-2-5-4-6-3-1;1-2(3)4;;;;/h1-4H;1H3,(H,3,4);2*1H;;. The van der Waals surface area contributed by atoms with E-state index in [9.17, 15) is 0 Å². The summed E-state index contributed by atoms with van der Waals surface area (Å²) in [6, 6.07) is 1.78. The van der Waals surface area contributed by atoms with E-state index in [-0.39, 0.29) is 54.4 Å². The average molecular weight is 237 g/mol. The molecule has 1 heterocycles. The summed E-state index contributed by atoms with van der Waals surface area (Å²) in [7, 11) is 0. The van der Waals surface area contributed by atoms with E-state index >= 15 is 0 Å². The zero-order valence-electron chi connectivity index (χ0n) is 6.38. The molecule has 7 heteroatoms. The van der Waals surface area contributed by atoms with Gasteiger partial charge < -0.3 is 5.11 Å². The topological polar surface area (TPSA) is 63.1 Å². The van der Waals surface area contributed by atoms with E-state index in [0.717, 1.165) is 6.92 Å². The number of hydrogen-bond donors (Lipinski definition) is 1. The second-order valence-corrected chi connectivity index (χ2v) is 1.42. The van der Waals surface area contributed by atoms with Crippen LogP contribution in [-0.2, 0) is 4.79 Å². The third-order valence-corrected chi connectivity index (χ3v) is 0.478. The van der Waals surface area contributed by atoms with Crippen molar-refractivity contribution in [3.05, 3.63) is 24.8 Å². The van der Waals surface area contributed by atoms with Gasteiger partial charge in [-0.25, -0.2) is 9.97 Å². The third kappa shape index (κ3) is 33.1. The molecule has 0 aliphatic heterocycles. The maximum Gasteiger partial charge on any atom is 0.115 e. The van der Waals surface area contributed by atoms with E-state index in [1.165, 1.54) is 6.33 Å². The Morgan fingerprint density at radius 2 is 1.54 bits per heavy atom. The molecule has 1 aromatic rings. The van der Waals surface area contributed by atoms with Crippen molar-refractivity contribution in [1.29, 1.82) is 0 Å². The molecule has 0 aliphatic carbocycles. The maximum atomic E-state index is 9.00. The number of hydrogen-bond acceptors (Lipinski definition) is 3. The molecule has 13 heavy (non-hydrogen) atoms. The Morgan fingerprint density at radius 1 is 1.23 bits per heavy atom. The minimum atomic E-state index is -0.833. The number of aliphatic carboxylic acids is 1. The van der Waals surface area contributed by atoms with Crippen LogP contribution in [0.2, 0.25) is 0 Å². The van der Waals surface area contributed by atoms with E-state index < -0.39 is 5.97 Å². The van der Waals surface area contributed by atoms with E-state index in [1.807, 2.05) is 0 Å². The van der Waals surface area contributed by atoms with E-state index in [0.29, 0.717) is 0 Å². The molecule has 0 saturated carbocycles. The Balaban J connectivity index is -0.0000000536. The Hall–Kier alpha value is 0.130. The van der Waals surface area contributed by atoms with Gasteiger partial charge in [-0.2, -0.15) is 0 Å². The van der Waals surface area contributed by atoms with Crippen molar-refractivity contribution >= 4 is 60.3 Å². The summed E-state index contributed by atoms with van der Waals surface area (Å²) in [6.45, 7) is 1.08. The minimum Gasteiger partial charge on any atom is -0.245 e. The van der Waals surface area contributed by atoms with Crippen LogP contribution in [-0.4, -0.2) is 50.6 Å². The molecule has 0 saturated heterocycles. The molecule has 4 nitrogen and oxygen atoms in total. The molecule has 0 radical (unpaired) electrons. The minimum absolute atomic E-state index is 0. The SMILES string of the molecule is CC(=O)O.Cl.Cl.[NaH].c1cncnc1.